The first-order valence-corrected chi connectivity index (χ1v) is 8.26. The number of halogens is 1. The van der Waals surface area contributed by atoms with E-state index < -0.39 is 0 Å². The van der Waals surface area contributed by atoms with Gasteiger partial charge in [0.2, 0.25) is 0 Å². The predicted molar refractivity (Wildman–Crippen MR) is 89.5 cm³/mol. The van der Waals surface area contributed by atoms with Gasteiger partial charge in [0.05, 0.1) is 6.54 Å². The average Bonchev–Trinajstić information content (AvgIpc) is 2.94. The molecular weight excluding hydrogens is 328 g/mol. The van der Waals surface area contributed by atoms with Crippen LogP contribution in [0.4, 0.5) is 5.69 Å². The first kappa shape index (κ1) is 14.6. The highest BCUT2D eigenvalue weighted by atomic mass is 79.9. The van der Waals surface area contributed by atoms with Crippen LogP contribution in [-0.2, 0) is 13.1 Å². The molecule has 1 unspecified atom stereocenters. The van der Waals surface area contributed by atoms with Gasteiger partial charge in [-0.25, -0.2) is 4.98 Å². The molecule has 2 heterocycles. The molecule has 0 amide bonds. The molecule has 3 rings (SSSR count). The van der Waals surface area contributed by atoms with Crippen LogP contribution in [0, 0.1) is 0 Å². The number of aromatic nitrogens is 2. The molecule has 112 valence electrons. The molecule has 1 N–H and O–H groups in total. The lowest BCUT2D eigenvalue weighted by Gasteiger charge is -2.32. The summed E-state index contributed by atoms with van der Waals surface area (Å²) < 4.78 is 3.37. The SMILES string of the molecule is CCNC(C)c1cc(Br)ccc1N1CCn2ccnc2C1. The topological polar surface area (TPSA) is 33.1 Å². The Morgan fingerprint density at radius 3 is 3.05 bits per heavy atom. The van der Waals surface area contributed by atoms with Crippen LogP contribution in [-0.4, -0.2) is 22.6 Å². The zero-order chi connectivity index (χ0) is 14.8. The Kier molecular flexibility index (Phi) is 4.31. The number of hydrogen-bond acceptors (Lipinski definition) is 3. The zero-order valence-electron chi connectivity index (χ0n) is 12.5. The molecule has 0 bridgehead atoms. The van der Waals surface area contributed by atoms with E-state index in [1.165, 1.54) is 11.3 Å². The van der Waals surface area contributed by atoms with Crippen molar-refractivity contribution in [2.24, 2.45) is 0 Å². The van der Waals surface area contributed by atoms with Gasteiger partial charge >= 0.3 is 0 Å². The lowest BCUT2D eigenvalue weighted by atomic mass is 10.0. The van der Waals surface area contributed by atoms with Gasteiger partial charge in [-0.2, -0.15) is 0 Å². The third kappa shape index (κ3) is 2.99. The summed E-state index contributed by atoms with van der Waals surface area (Å²) in [5, 5.41) is 3.51. The van der Waals surface area contributed by atoms with Gasteiger partial charge in [0.15, 0.2) is 0 Å². The van der Waals surface area contributed by atoms with Crippen molar-refractivity contribution in [1.82, 2.24) is 14.9 Å². The first-order valence-electron chi connectivity index (χ1n) is 7.47. The van der Waals surface area contributed by atoms with Crippen molar-refractivity contribution >= 4 is 21.6 Å². The number of benzene rings is 1. The fraction of sp³-hybridized carbons (Fsp3) is 0.438. The third-order valence-corrected chi connectivity index (χ3v) is 4.55. The minimum absolute atomic E-state index is 0.337. The van der Waals surface area contributed by atoms with Crippen molar-refractivity contribution in [2.45, 2.75) is 33.0 Å². The van der Waals surface area contributed by atoms with E-state index >= 15 is 0 Å². The molecule has 1 aliphatic heterocycles. The molecule has 0 spiro atoms. The van der Waals surface area contributed by atoms with Crippen LogP contribution in [0.25, 0.3) is 0 Å². The molecule has 0 radical (unpaired) electrons. The Morgan fingerprint density at radius 1 is 1.38 bits per heavy atom. The van der Waals surface area contributed by atoms with Gasteiger partial charge in [-0.05, 0) is 37.2 Å². The molecule has 0 aliphatic carbocycles. The van der Waals surface area contributed by atoms with E-state index in [2.05, 4.69) is 73.9 Å². The van der Waals surface area contributed by atoms with E-state index in [1.807, 2.05) is 6.20 Å². The molecule has 0 fully saturated rings. The second kappa shape index (κ2) is 6.20. The van der Waals surface area contributed by atoms with Crippen molar-refractivity contribution in [3.63, 3.8) is 0 Å². The summed E-state index contributed by atoms with van der Waals surface area (Å²) in [4.78, 5) is 6.89. The van der Waals surface area contributed by atoms with E-state index in [1.54, 1.807) is 0 Å². The highest BCUT2D eigenvalue weighted by Crippen LogP contribution is 2.31. The van der Waals surface area contributed by atoms with Crippen LogP contribution >= 0.6 is 15.9 Å². The Balaban J connectivity index is 1.91. The van der Waals surface area contributed by atoms with Crippen molar-refractivity contribution in [1.29, 1.82) is 0 Å². The molecule has 0 saturated carbocycles. The van der Waals surface area contributed by atoms with Gasteiger partial charge in [0.1, 0.15) is 5.82 Å². The number of hydrogen-bond donors (Lipinski definition) is 1. The highest BCUT2D eigenvalue weighted by Gasteiger charge is 2.21. The van der Waals surface area contributed by atoms with Gasteiger partial charge in [0, 0.05) is 41.7 Å². The van der Waals surface area contributed by atoms with Gasteiger partial charge in [-0.15, -0.1) is 0 Å². The van der Waals surface area contributed by atoms with Gasteiger partial charge in [-0.3, -0.25) is 0 Å². The molecule has 0 saturated heterocycles. The van der Waals surface area contributed by atoms with Crippen LogP contribution in [0.3, 0.4) is 0 Å². The average molecular weight is 349 g/mol. The van der Waals surface area contributed by atoms with Crippen molar-refractivity contribution in [3.8, 4) is 0 Å². The van der Waals surface area contributed by atoms with Gasteiger partial charge in [0.25, 0.3) is 0 Å². The van der Waals surface area contributed by atoms with Crippen molar-refractivity contribution in [2.75, 3.05) is 18.0 Å². The molecule has 1 aromatic heterocycles. The van der Waals surface area contributed by atoms with E-state index in [9.17, 15) is 0 Å². The molecule has 21 heavy (non-hydrogen) atoms. The molecule has 1 aromatic carbocycles. The maximum absolute atomic E-state index is 4.46. The minimum Gasteiger partial charge on any atom is -0.362 e. The van der Waals surface area contributed by atoms with Crippen LogP contribution < -0.4 is 10.2 Å². The lowest BCUT2D eigenvalue weighted by molar-refractivity contribution is 0.550. The number of fused-ring (bicyclic) bond motifs is 1. The number of rotatable bonds is 4. The third-order valence-electron chi connectivity index (χ3n) is 4.05. The Morgan fingerprint density at radius 2 is 2.24 bits per heavy atom. The van der Waals surface area contributed by atoms with E-state index in [0.29, 0.717) is 6.04 Å². The number of nitrogens with one attached hydrogen (secondary N) is 1. The smallest absolute Gasteiger partial charge is 0.128 e. The van der Waals surface area contributed by atoms with Crippen LogP contribution in [0.1, 0.15) is 31.3 Å². The fourth-order valence-corrected chi connectivity index (χ4v) is 3.33. The summed E-state index contributed by atoms with van der Waals surface area (Å²) in [7, 11) is 0. The number of anilines is 1. The second-order valence-corrected chi connectivity index (χ2v) is 6.36. The quantitative estimate of drug-likeness (QED) is 0.919. The van der Waals surface area contributed by atoms with Crippen LogP contribution in [0.15, 0.2) is 35.1 Å². The second-order valence-electron chi connectivity index (χ2n) is 5.44. The Bertz CT molecular complexity index is 622. The van der Waals surface area contributed by atoms with E-state index in [0.717, 1.165) is 36.5 Å². The van der Waals surface area contributed by atoms with Gasteiger partial charge in [-0.1, -0.05) is 22.9 Å². The van der Waals surface area contributed by atoms with E-state index in [4.69, 9.17) is 0 Å². The Labute approximate surface area is 134 Å². The van der Waals surface area contributed by atoms with Crippen molar-refractivity contribution in [3.05, 3.63) is 46.5 Å². The first-order chi connectivity index (χ1) is 10.2. The maximum atomic E-state index is 4.46. The lowest BCUT2D eigenvalue weighted by Crippen LogP contribution is -2.35. The monoisotopic (exact) mass is 348 g/mol. The zero-order valence-corrected chi connectivity index (χ0v) is 14.1. The number of nitrogens with zero attached hydrogens (tertiary/aromatic N) is 3. The molecule has 1 aliphatic rings. The van der Waals surface area contributed by atoms with Crippen molar-refractivity contribution < 1.29 is 0 Å². The summed E-state index contributed by atoms with van der Waals surface area (Å²) in [6, 6.07) is 6.90. The van der Waals surface area contributed by atoms with E-state index in [-0.39, 0.29) is 0 Å². The molecule has 1 atom stereocenters. The van der Waals surface area contributed by atoms with Crippen LogP contribution in [0.2, 0.25) is 0 Å². The predicted octanol–water partition coefficient (Wildman–Crippen LogP) is 3.34. The van der Waals surface area contributed by atoms with Gasteiger partial charge < -0.3 is 14.8 Å². The largest absolute Gasteiger partial charge is 0.362 e. The summed E-state index contributed by atoms with van der Waals surface area (Å²) in [5.74, 6) is 1.14. The van der Waals surface area contributed by atoms with Crippen LogP contribution in [0.5, 0.6) is 0 Å². The normalized spacial score (nSPS) is 15.9. The Hall–Kier alpha value is -1.33. The minimum atomic E-state index is 0.337. The summed E-state index contributed by atoms with van der Waals surface area (Å²) in [5.41, 5.74) is 2.65. The fourth-order valence-electron chi connectivity index (χ4n) is 2.96. The highest BCUT2D eigenvalue weighted by molar-refractivity contribution is 9.10. The summed E-state index contributed by atoms with van der Waals surface area (Å²) in [6.07, 6.45) is 3.96. The summed E-state index contributed by atoms with van der Waals surface area (Å²) in [6.45, 7) is 8.24. The molecule has 5 heteroatoms. The maximum Gasteiger partial charge on any atom is 0.128 e. The number of imidazole rings is 1. The molecular formula is C16H21BrN4. The summed E-state index contributed by atoms with van der Waals surface area (Å²) >= 11 is 3.60. The molecule has 2 aromatic rings. The standard InChI is InChI=1S/C16H21BrN4/c1-3-18-12(2)14-10-13(17)4-5-15(14)21-9-8-20-7-6-19-16(20)11-21/h4-7,10,12,18H,3,8-9,11H2,1-2H3. The molecule has 4 nitrogen and oxygen atoms in total.